The molecule has 4 heteroatoms. The van der Waals surface area contributed by atoms with E-state index in [4.69, 9.17) is 0 Å². The molecule has 0 aromatic heterocycles. The minimum Gasteiger partial charge on any atom is -0.345 e. The summed E-state index contributed by atoms with van der Waals surface area (Å²) in [5, 5.41) is 3.33. The number of piperidine rings is 1. The zero-order chi connectivity index (χ0) is 20.8. The molecule has 0 spiro atoms. The summed E-state index contributed by atoms with van der Waals surface area (Å²) >= 11 is 3.49. The average Bonchev–Trinajstić information content (AvgIpc) is 2.80. The van der Waals surface area contributed by atoms with Crippen LogP contribution in [0.4, 0.5) is 0 Å². The number of carbonyl (C=O) groups is 1. The van der Waals surface area contributed by atoms with E-state index in [2.05, 4.69) is 74.7 Å². The van der Waals surface area contributed by atoms with E-state index in [1.165, 1.54) is 5.56 Å². The highest BCUT2D eigenvalue weighted by Gasteiger charge is 2.27. The summed E-state index contributed by atoms with van der Waals surface area (Å²) in [6, 6.07) is 28.8. The number of hydrogen-bond donors (Lipinski definition) is 1. The molecule has 1 saturated heterocycles. The van der Waals surface area contributed by atoms with E-state index in [1.54, 1.807) is 0 Å². The number of carbonyl (C=O) groups excluding carboxylic acids is 1. The molecule has 0 atom stereocenters. The fourth-order valence-electron chi connectivity index (χ4n) is 4.11. The van der Waals surface area contributed by atoms with Gasteiger partial charge in [-0.25, -0.2) is 0 Å². The second-order valence-electron chi connectivity index (χ2n) is 7.94. The predicted molar refractivity (Wildman–Crippen MR) is 125 cm³/mol. The fourth-order valence-corrected chi connectivity index (χ4v) is 4.38. The van der Waals surface area contributed by atoms with Crippen molar-refractivity contribution in [1.29, 1.82) is 0 Å². The largest absolute Gasteiger partial charge is 0.345 e. The van der Waals surface area contributed by atoms with Crippen LogP contribution in [-0.4, -0.2) is 23.9 Å². The zero-order valence-corrected chi connectivity index (χ0v) is 18.6. The van der Waals surface area contributed by atoms with Crippen LogP contribution >= 0.6 is 15.9 Å². The minimum atomic E-state index is -0.110. The summed E-state index contributed by atoms with van der Waals surface area (Å²) in [5.41, 5.74) is 3.55. The van der Waals surface area contributed by atoms with Gasteiger partial charge in [-0.15, -0.1) is 0 Å². The lowest BCUT2D eigenvalue weighted by Crippen LogP contribution is -2.41. The van der Waals surface area contributed by atoms with Crippen molar-refractivity contribution in [3.8, 4) is 0 Å². The van der Waals surface area contributed by atoms with Gasteiger partial charge >= 0.3 is 0 Å². The number of rotatable bonds is 6. The number of nitrogens with one attached hydrogen (secondary N) is 1. The van der Waals surface area contributed by atoms with Gasteiger partial charge in [-0.05, 0) is 54.8 Å². The lowest BCUT2D eigenvalue weighted by atomic mass is 9.93. The van der Waals surface area contributed by atoms with Gasteiger partial charge < -0.3 is 5.32 Å². The number of benzene rings is 3. The van der Waals surface area contributed by atoms with Crippen LogP contribution in [-0.2, 0) is 11.3 Å². The molecule has 1 heterocycles. The summed E-state index contributed by atoms with van der Waals surface area (Å²) in [7, 11) is 0. The third-order valence-electron chi connectivity index (χ3n) is 5.83. The van der Waals surface area contributed by atoms with Crippen LogP contribution in [0.1, 0.15) is 35.6 Å². The van der Waals surface area contributed by atoms with Crippen molar-refractivity contribution < 1.29 is 4.79 Å². The maximum Gasteiger partial charge on any atom is 0.223 e. The molecule has 3 nitrogen and oxygen atoms in total. The SMILES string of the molecule is O=C(NC(c1ccccc1)c1ccccc1)C1CCN(Cc2ccc(Br)cc2)CC1. The van der Waals surface area contributed by atoms with Crippen molar-refractivity contribution in [1.82, 2.24) is 10.2 Å². The van der Waals surface area contributed by atoms with E-state index >= 15 is 0 Å². The molecule has 1 aliphatic rings. The van der Waals surface area contributed by atoms with E-state index < -0.39 is 0 Å². The summed E-state index contributed by atoms with van der Waals surface area (Å²) in [6.45, 7) is 2.85. The predicted octanol–water partition coefficient (Wildman–Crippen LogP) is 5.57. The minimum absolute atomic E-state index is 0.0705. The van der Waals surface area contributed by atoms with Gasteiger partial charge in [0.2, 0.25) is 5.91 Å². The van der Waals surface area contributed by atoms with Gasteiger partial charge in [-0.3, -0.25) is 9.69 Å². The van der Waals surface area contributed by atoms with E-state index in [9.17, 15) is 4.79 Å². The third-order valence-corrected chi connectivity index (χ3v) is 6.36. The van der Waals surface area contributed by atoms with Gasteiger partial charge in [0.15, 0.2) is 0 Å². The summed E-state index contributed by atoms with van der Waals surface area (Å²) in [5.74, 6) is 0.233. The normalized spacial score (nSPS) is 15.3. The lowest BCUT2D eigenvalue weighted by molar-refractivity contribution is -0.127. The Balaban J connectivity index is 1.37. The molecule has 0 unspecified atom stereocenters. The number of amides is 1. The summed E-state index contributed by atoms with van der Waals surface area (Å²) in [6.07, 6.45) is 1.80. The van der Waals surface area contributed by atoms with Gasteiger partial charge in [0, 0.05) is 16.9 Å². The quantitative estimate of drug-likeness (QED) is 0.519. The highest BCUT2D eigenvalue weighted by Crippen LogP contribution is 2.25. The molecule has 154 valence electrons. The van der Waals surface area contributed by atoms with Crippen molar-refractivity contribution in [2.45, 2.75) is 25.4 Å². The average molecular weight is 463 g/mol. The standard InChI is InChI=1S/C26H27BrN2O/c27-24-13-11-20(12-14-24)19-29-17-15-23(16-18-29)26(30)28-25(21-7-3-1-4-8-21)22-9-5-2-6-10-22/h1-14,23,25H,15-19H2,(H,28,30). The second kappa shape index (κ2) is 10.1. The molecule has 0 radical (unpaired) electrons. The van der Waals surface area contributed by atoms with Gasteiger partial charge in [-0.2, -0.15) is 0 Å². The number of halogens is 1. The summed E-state index contributed by atoms with van der Waals surface area (Å²) in [4.78, 5) is 15.6. The molecule has 3 aromatic carbocycles. The maximum absolute atomic E-state index is 13.1. The van der Waals surface area contributed by atoms with Crippen LogP contribution < -0.4 is 5.32 Å². The first-order chi connectivity index (χ1) is 14.7. The second-order valence-corrected chi connectivity index (χ2v) is 8.86. The van der Waals surface area contributed by atoms with Crippen LogP contribution in [0.2, 0.25) is 0 Å². The monoisotopic (exact) mass is 462 g/mol. The summed E-state index contributed by atoms with van der Waals surface area (Å²) < 4.78 is 1.10. The topological polar surface area (TPSA) is 32.3 Å². The van der Waals surface area contributed by atoms with Gasteiger partial charge in [0.25, 0.3) is 0 Å². The Morgan fingerprint density at radius 3 is 1.93 bits per heavy atom. The number of nitrogens with zero attached hydrogens (tertiary/aromatic N) is 1. The third kappa shape index (κ3) is 5.38. The number of hydrogen-bond acceptors (Lipinski definition) is 2. The lowest BCUT2D eigenvalue weighted by Gasteiger charge is -2.32. The van der Waals surface area contributed by atoms with Crippen LogP contribution in [0.25, 0.3) is 0 Å². The smallest absolute Gasteiger partial charge is 0.223 e. The number of likely N-dealkylation sites (tertiary alicyclic amines) is 1. The molecule has 0 bridgehead atoms. The first kappa shape index (κ1) is 20.8. The highest BCUT2D eigenvalue weighted by atomic mass is 79.9. The fraction of sp³-hybridized carbons (Fsp3) is 0.269. The van der Waals surface area contributed by atoms with Crippen molar-refractivity contribution in [3.63, 3.8) is 0 Å². The molecule has 1 amide bonds. The van der Waals surface area contributed by atoms with E-state index in [0.29, 0.717) is 0 Å². The maximum atomic E-state index is 13.1. The van der Waals surface area contributed by atoms with Crippen molar-refractivity contribution in [2.24, 2.45) is 5.92 Å². The molecule has 1 fully saturated rings. The molecule has 0 saturated carbocycles. The molecule has 1 aliphatic heterocycles. The molecular weight excluding hydrogens is 436 g/mol. The molecule has 3 aromatic rings. The first-order valence-electron chi connectivity index (χ1n) is 10.6. The molecular formula is C26H27BrN2O. The van der Waals surface area contributed by atoms with Crippen molar-refractivity contribution in [2.75, 3.05) is 13.1 Å². The zero-order valence-electron chi connectivity index (χ0n) is 17.0. The Labute approximate surface area is 187 Å². The van der Waals surface area contributed by atoms with Crippen LogP contribution in [0.15, 0.2) is 89.4 Å². The molecule has 1 N–H and O–H groups in total. The van der Waals surface area contributed by atoms with Crippen LogP contribution in [0.5, 0.6) is 0 Å². The van der Waals surface area contributed by atoms with Gasteiger partial charge in [0.1, 0.15) is 0 Å². The Morgan fingerprint density at radius 1 is 0.867 bits per heavy atom. The van der Waals surface area contributed by atoms with Crippen molar-refractivity contribution in [3.05, 3.63) is 106 Å². The Morgan fingerprint density at radius 2 is 1.40 bits per heavy atom. The Bertz CT molecular complexity index is 896. The Kier molecular flexibility index (Phi) is 6.98. The van der Waals surface area contributed by atoms with Crippen molar-refractivity contribution >= 4 is 21.8 Å². The van der Waals surface area contributed by atoms with Crippen LogP contribution in [0.3, 0.4) is 0 Å². The molecule has 30 heavy (non-hydrogen) atoms. The molecule has 0 aliphatic carbocycles. The van der Waals surface area contributed by atoms with Gasteiger partial charge in [0.05, 0.1) is 6.04 Å². The first-order valence-corrected chi connectivity index (χ1v) is 11.4. The molecule has 4 rings (SSSR count). The highest BCUT2D eigenvalue weighted by molar-refractivity contribution is 9.10. The Hall–Kier alpha value is -2.43. The van der Waals surface area contributed by atoms with E-state index in [1.807, 2.05) is 36.4 Å². The van der Waals surface area contributed by atoms with E-state index in [0.717, 1.165) is 48.1 Å². The van der Waals surface area contributed by atoms with E-state index in [-0.39, 0.29) is 17.9 Å². The van der Waals surface area contributed by atoms with Crippen LogP contribution in [0, 0.1) is 5.92 Å². The van der Waals surface area contributed by atoms with Gasteiger partial charge in [-0.1, -0.05) is 88.7 Å².